The second kappa shape index (κ2) is 7.66. The molecule has 1 N–H and O–H groups in total. The van der Waals surface area contributed by atoms with Crippen molar-refractivity contribution in [2.24, 2.45) is 5.92 Å². The summed E-state index contributed by atoms with van der Waals surface area (Å²) in [6.45, 7) is 8.83. The van der Waals surface area contributed by atoms with E-state index >= 15 is 0 Å². The van der Waals surface area contributed by atoms with E-state index in [1.807, 2.05) is 11.8 Å². The first-order chi connectivity index (χ1) is 12.3. The molecule has 2 heterocycles. The summed E-state index contributed by atoms with van der Waals surface area (Å²) >= 11 is 0. The van der Waals surface area contributed by atoms with Gasteiger partial charge < -0.3 is 10.2 Å². The van der Waals surface area contributed by atoms with Crippen LogP contribution in [0.2, 0.25) is 0 Å². The lowest BCUT2D eigenvalue weighted by atomic mass is 10.0. The maximum absolute atomic E-state index is 12.8. The summed E-state index contributed by atoms with van der Waals surface area (Å²) in [6.07, 6.45) is 1.80. The third-order valence-corrected chi connectivity index (χ3v) is 7.69. The average molecular weight is 380 g/mol. The Balaban J connectivity index is 1.74. The fraction of sp³-hybridized carbons (Fsp3) is 0.632. The summed E-state index contributed by atoms with van der Waals surface area (Å²) in [5.74, 6) is 0.534. The smallest absolute Gasteiger partial charge is 0.254 e. The standard InChI is InChI=1S/C19H29N3O3S/c1-14-8-11-21(12-9-14)26(24,25)18-6-4-17(5-7-18)19(23)22-13-10-20-15(2)16(22)3/h4-7,14-16,20H,8-13H2,1-3H3. The van der Waals surface area contributed by atoms with Gasteiger partial charge in [-0.05, 0) is 56.9 Å². The molecule has 0 radical (unpaired) electrons. The number of carbonyl (C=O) groups is 1. The summed E-state index contributed by atoms with van der Waals surface area (Å²) in [6, 6.07) is 6.76. The van der Waals surface area contributed by atoms with Crippen molar-refractivity contribution in [1.82, 2.24) is 14.5 Å². The minimum Gasteiger partial charge on any atom is -0.333 e. The maximum atomic E-state index is 12.8. The summed E-state index contributed by atoms with van der Waals surface area (Å²) in [5, 5.41) is 3.36. The van der Waals surface area contributed by atoms with Crippen LogP contribution in [0.5, 0.6) is 0 Å². The summed E-state index contributed by atoms with van der Waals surface area (Å²) in [5.41, 5.74) is 0.539. The minimum atomic E-state index is -3.47. The van der Waals surface area contributed by atoms with Gasteiger partial charge in [-0.1, -0.05) is 6.92 Å². The van der Waals surface area contributed by atoms with Crippen LogP contribution in [0.25, 0.3) is 0 Å². The molecule has 1 aromatic carbocycles. The normalized spacial score (nSPS) is 26.0. The largest absolute Gasteiger partial charge is 0.333 e. The Morgan fingerprint density at radius 1 is 1.04 bits per heavy atom. The van der Waals surface area contributed by atoms with Crippen molar-refractivity contribution in [3.8, 4) is 0 Å². The van der Waals surface area contributed by atoms with Gasteiger partial charge in [0.15, 0.2) is 0 Å². The van der Waals surface area contributed by atoms with E-state index in [4.69, 9.17) is 0 Å². The molecule has 0 aliphatic carbocycles. The SMILES string of the molecule is CC1CCN(S(=O)(=O)c2ccc(C(=O)N3CCNC(C)C3C)cc2)CC1. The number of piperidine rings is 1. The van der Waals surface area contributed by atoms with Gasteiger partial charge in [-0.2, -0.15) is 4.31 Å². The van der Waals surface area contributed by atoms with Crippen LogP contribution < -0.4 is 5.32 Å². The molecule has 0 spiro atoms. The van der Waals surface area contributed by atoms with Gasteiger partial charge in [0.1, 0.15) is 0 Å². The molecule has 0 bridgehead atoms. The van der Waals surface area contributed by atoms with Crippen LogP contribution in [-0.2, 0) is 10.0 Å². The highest BCUT2D eigenvalue weighted by Gasteiger charge is 2.30. The second-order valence-corrected chi connectivity index (χ2v) is 9.53. The number of hydrogen-bond acceptors (Lipinski definition) is 4. The van der Waals surface area contributed by atoms with Gasteiger partial charge in [-0.15, -0.1) is 0 Å². The molecule has 2 saturated heterocycles. The van der Waals surface area contributed by atoms with Gasteiger partial charge in [0.2, 0.25) is 10.0 Å². The zero-order valence-corrected chi connectivity index (χ0v) is 16.6. The van der Waals surface area contributed by atoms with E-state index in [1.165, 1.54) is 0 Å². The van der Waals surface area contributed by atoms with Crippen molar-refractivity contribution in [3.63, 3.8) is 0 Å². The molecule has 2 aliphatic rings. The number of carbonyl (C=O) groups excluding carboxylic acids is 1. The lowest BCUT2D eigenvalue weighted by molar-refractivity contribution is 0.0603. The number of piperazine rings is 1. The lowest BCUT2D eigenvalue weighted by Gasteiger charge is -2.38. The monoisotopic (exact) mass is 379 g/mol. The summed E-state index contributed by atoms with van der Waals surface area (Å²) in [4.78, 5) is 14.9. The predicted molar refractivity (Wildman–Crippen MR) is 102 cm³/mol. The van der Waals surface area contributed by atoms with Gasteiger partial charge >= 0.3 is 0 Å². The van der Waals surface area contributed by atoms with Crippen LogP contribution >= 0.6 is 0 Å². The minimum absolute atomic E-state index is 0.0402. The topological polar surface area (TPSA) is 69.7 Å². The zero-order valence-electron chi connectivity index (χ0n) is 15.8. The molecule has 2 aliphatic heterocycles. The van der Waals surface area contributed by atoms with E-state index in [9.17, 15) is 13.2 Å². The third-order valence-electron chi connectivity index (χ3n) is 5.78. The highest BCUT2D eigenvalue weighted by atomic mass is 32.2. The number of hydrogen-bond donors (Lipinski definition) is 1. The Morgan fingerprint density at radius 3 is 2.27 bits per heavy atom. The molecule has 2 unspecified atom stereocenters. The Kier molecular flexibility index (Phi) is 5.69. The van der Waals surface area contributed by atoms with E-state index in [1.54, 1.807) is 28.6 Å². The summed E-state index contributed by atoms with van der Waals surface area (Å²) < 4.78 is 27.1. The van der Waals surface area contributed by atoms with Crippen LogP contribution in [-0.4, -0.2) is 61.8 Å². The highest BCUT2D eigenvalue weighted by molar-refractivity contribution is 7.89. The van der Waals surface area contributed by atoms with E-state index < -0.39 is 10.0 Å². The molecule has 6 nitrogen and oxygen atoms in total. The van der Waals surface area contributed by atoms with Gasteiger partial charge in [0.05, 0.1) is 4.90 Å². The zero-order chi connectivity index (χ0) is 18.9. The van der Waals surface area contributed by atoms with Crippen LogP contribution in [0, 0.1) is 5.92 Å². The Hall–Kier alpha value is -1.44. The van der Waals surface area contributed by atoms with E-state index in [-0.39, 0.29) is 22.9 Å². The predicted octanol–water partition coefficient (Wildman–Crippen LogP) is 1.93. The van der Waals surface area contributed by atoms with E-state index in [0.717, 1.165) is 19.4 Å². The van der Waals surface area contributed by atoms with E-state index in [2.05, 4.69) is 19.2 Å². The number of amides is 1. The molecule has 2 fully saturated rings. The van der Waals surface area contributed by atoms with E-state index in [0.29, 0.717) is 31.1 Å². The quantitative estimate of drug-likeness (QED) is 0.871. The average Bonchev–Trinajstić information content (AvgIpc) is 2.64. The molecular weight excluding hydrogens is 350 g/mol. The van der Waals surface area contributed by atoms with Crippen molar-refractivity contribution >= 4 is 15.9 Å². The van der Waals surface area contributed by atoms with Gasteiger partial charge in [0.25, 0.3) is 5.91 Å². The van der Waals surface area contributed by atoms with Crippen molar-refractivity contribution in [1.29, 1.82) is 0 Å². The molecule has 0 saturated carbocycles. The van der Waals surface area contributed by atoms with Gasteiger partial charge in [-0.25, -0.2) is 8.42 Å². The fourth-order valence-electron chi connectivity index (χ4n) is 3.65. The van der Waals surface area contributed by atoms with Crippen molar-refractivity contribution < 1.29 is 13.2 Å². The number of sulfonamides is 1. The molecular formula is C19H29N3O3S. The highest BCUT2D eigenvalue weighted by Crippen LogP contribution is 2.24. The first-order valence-corrected chi connectivity index (χ1v) is 10.9. The lowest BCUT2D eigenvalue weighted by Crippen LogP contribution is -2.57. The first-order valence-electron chi connectivity index (χ1n) is 9.45. The van der Waals surface area contributed by atoms with Crippen LogP contribution in [0.1, 0.15) is 44.0 Å². The second-order valence-electron chi connectivity index (χ2n) is 7.59. The molecule has 1 aromatic rings. The molecule has 144 valence electrons. The Bertz CT molecular complexity index is 740. The Morgan fingerprint density at radius 2 is 1.65 bits per heavy atom. The summed E-state index contributed by atoms with van der Waals surface area (Å²) in [7, 11) is -3.47. The number of nitrogens with one attached hydrogen (secondary N) is 1. The molecule has 3 rings (SSSR count). The van der Waals surface area contributed by atoms with Crippen LogP contribution in [0.3, 0.4) is 0 Å². The number of rotatable bonds is 3. The maximum Gasteiger partial charge on any atom is 0.254 e. The van der Waals surface area contributed by atoms with Crippen LogP contribution in [0.15, 0.2) is 29.2 Å². The van der Waals surface area contributed by atoms with Crippen LogP contribution in [0.4, 0.5) is 0 Å². The molecule has 26 heavy (non-hydrogen) atoms. The van der Waals surface area contributed by atoms with Crippen molar-refractivity contribution in [3.05, 3.63) is 29.8 Å². The third kappa shape index (κ3) is 3.80. The molecule has 2 atom stereocenters. The molecule has 7 heteroatoms. The fourth-order valence-corrected chi connectivity index (χ4v) is 5.12. The van der Waals surface area contributed by atoms with Gasteiger partial charge in [-0.3, -0.25) is 4.79 Å². The number of benzene rings is 1. The first kappa shape index (κ1) is 19.3. The Labute approximate surface area is 156 Å². The van der Waals surface area contributed by atoms with Gasteiger partial charge in [0, 0.05) is 43.8 Å². The van der Waals surface area contributed by atoms with Crippen molar-refractivity contribution in [2.75, 3.05) is 26.2 Å². The van der Waals surface area contributed by atoms with Crippen molar-refractivity contribution in [2.45, 2.75) is 50.6 Å². The molecule has 0 aromatic heterocycles. The number of nitrogens with zero attached hydrogens (tertiary/aromatic N) is 2. The molecule has 1 amide bonds.